The lowest BCUT2D eigenvalue weighted by Gasteiger charge is -2.37. The first kappa shape index (κ1) is 21.3. The molecule has 2 aliphatic heterocycles. The first-order valence-corrected chi connectivity index (χ1v) is 10.2. The molecule has 2 heterocycles. The van der Waals surface area contributed by atoms with Crippen LogP contribution in [0.3, 0.4) is 0 Å². The highest BCUT2D eigenvalue weighted by Crippen LogP contribution is 2.34. The van der Waals surface area contributed by atoms with Gasteiger partial charge in [0.2, 0.25) is 5.91 Å². The lowest BCUT2D eigenvalue weighted by molar-refractivity contribution is -0.138. The summed E-state index contributed by atoms with van der Waals surface area (Å²) < 4.78 is 16.3. The molecule has 29 heavy (non-hydrogen) atoms. The molecule has 1 fully saturated rings. The summed E-state index contributed by atoms with van der Waals surface area (Å²) in [6.45, 7) is 7.84. The second-order valence-electron chi connectivity index (χ2n) is 8.75. The Morgan fingerprint density at radius 2 is 1.66 bits per heavy atom. The van der Waals surface area contributed by atoms with Crippen molar-refractivity contribution >= 4 is 12.0 Å². The smallest absolute Gasteiger partial charge is 0.410 e. The Kier molecular flexibility index (Phi) is 6.24. The third-order valence-corrected chi connectivity index (χ3v) is 5.45. The van der Waals surface area contributed by atoms with Gasteiger partial charge in [-0.25, -0.2) is 4.79 Å². The largest absolute Gasteiger partial charge is 0.493 e. The summed E-state index contributed by atoms with van der Waals surface area (Å²) in [5.74, 6) is 1.32. The molecule has 1 saturated heterocycles. The van der Waals surface area contributed by atoms with Gasteiger partial charge in [-0.3, -0.25) is 4.79 Å². The molecule has 160 valence electrons. The van der Waals surface area contributed by atoms with Crippen LogP contribution in [0.4, 0.5) is 4.79 Å². The predicted octanol–water partition coefficient (Wildman–Crippen LogP) is 3.24. The minimum Gasteiger partial charge on any atom is -0.493 e. The van der Waals surface area contributed by atoms with Crippen molar-refractivity contribution in [2.75, 3.05) is 33.9 Å². The first-order chi connectivity index (χ1) is 13.7. The summed E-state index contributed by atoms with van der Waals surface area (Å²) in [5, 5.41) is 0. The fraction of sp³-hybridized carbons (Fsp3) is 0.636. The maximum Gasteiger partial charge on any atom is 0.410 e. The number of rotatable bonds is 3. The highest BCUT2D eigenvalue weighted by molar-refractivity contribution is 5.80. The van der Waals surface area contributed by atoms with Crippen LogP contribution in [0.25, 0.3) is 0 Å². The molecule has 1 atom stereocenters. The van der Waals surface area contributed by atoms with Crippen LogP contribution >= 0.6 is 0 Å². The Balaban J connectivity index is 1.67. The SMILES string of the molecule is COc1cc2c(cc1OC)CN(C(=O)[C@@H]1CCCN(C(=O)OC(C)(C)C)C1)CC2. The number of ether oxygens (including phenoxy) is 3. The van der Waals surface area contributed by atoms with E-state index < -0.39 is 5.60 Å². The Hall–Kier alpha value is -2.44. The van der Waals surface area contributed by atoms with Crippen molar-refractivity contribution in [3.8, 4) is 11.5 Å². The van der Waals surface area contributed by atoms with Gasteiger partial charge >= 0.3 is 6.09 Å². The molecule has 2 amide bonds. The van der Waals surface area contributed by atoms with Gasteiger partial charge in [0, 0.05) is 26.2 Å². The average molecular weight is 405 g/mol. The van der Waals surface area contributed by atoms with Crippen molar-refractivity contribution < 1.29 is 23.8 Å². The van der Waals surface area contributed by atoms with Gasteiger partial charge in [-0.2, -0.15) is 0 Å². The molecular weight excluding hydrogens is 372 g/mol. The second-order valence-corrected chi connectivity index (χ2v) is 8.75. The van der Waals surface area contributed by atoms with E-state index in [4.69, 9.17) is 14.2 Å². The number of methoxy groups -OCH3 is 2. The van der Waals surface area contributed by atoms with Crippen LogP contribution in [0.2, 0.25) is 0 Å². The van der Waals surface area contributed by atoms with Crippen LogP contribution < -0.4 is 9.47 Å². The van der Waals surface area contributed by atoms with Gasteiger partial charge in [-0.1, -0.05) is 0 Å². The zero-order valence-corrected chi connectivity index (χ0v) is 18.1. The third kappa shape index (κ3) is 4.95. The normalized spacial score (nSPS) is 19.4. The molecular formula is C22H32N2O5. The number of nitrogens with zero attached hydrogens (tertiary/aromatic N) is 2. The summed E-state index contributed by atoms with van der Waals surface area (Å²) in [4.78, 5) is 29.2. The van der Waals surface area contributed by atoms with Crippen molar-refractivity contribution in [2.45, 2.75) is 52.2 Å². The lowest BCUT2D eigenvalue weighted by Crippen LogP contribution is -2.48. The van der Waals surface area contributed by atoms with Crippen LogP contribution in [0.5, 0.6) is 11.5 Å². The molecule has 0 spiro atoms. The molecule has 3 rings (SSSR count). The number of benzene rings is 1. The molecule has 1 aromatic rings. The van der Waals surface area contributed by atoms with Crippen LogP contribution in [0.15, 0.2) is 12.1 Å². The van der Waals surface area contributed by atoms with Crippen molar-refractivity contribution in [2.24, 2.45) is 5.92 Å². The molecule has 0 bridgehead atoms. The van der Waals surface area contributed by atoms with Crippen molar-refractivity contribution in [1.29, 1.82) is 0 Å². The minimum absolute atomic E-state index is 0.110. The van der Waals surface area contributed by atoms with Gasteiger partial charge in [0.15, 0.2) is 11.5 Å². The number of likely N-dealkylation sites (tertiary alicyclic amines) is 1. The second kappa shape index (κ2) is 8.51. The number of hydrogen-bond acceptors (Lipinski definition) is 5. The first-order valence-electron chi connectivity index (χ1n) is 10.2. The van der Waals surface area contributed by atoms with Gasteiger partial charge in [0.25, 0.3) is 0 Å². The number of hydrogen-bond donors (Lipinski definition) is 0. The summed E-state index contributed by atoms with van der Waals surface area (Å²) in [6, 6.07) is 3.96. The molecule has 0 unspecified atom stereocenters. The van der Waals surface area contributed by atoms with Gasteiger partial charge in [-0.05, 0) is 63.3 Å². The Labute approximate surface area is 172 Å². The van der Waals surface area contributed by atoms with Gasteiger partial charge in [-0.15, -0.1) is 0 Å². The van der Waals surface area contributed by atoms with E-state index in [1.54, 1.807) is 19.1 Å². The third-order valence-electron chi connectivity index (χ3n) is 5.45. The number of amides is 2. The molecule has 0 radical (unpaired) electrons. The van der Waals surface area contributed by atoms with E-state index in [9.17, 15) is 9.59 Å². The number of carbonyl (C=O) groups is 2. The Bertz CT molecular complexity index is 771. The van der Waals surface area contributed by atoms with E-state index in [-0.39, 0.29) is 17.9 Å². The summed E-state index contributed by atoms with van der Waals surface area (Å²) in [5.41, 5.74) is 1.73. The molecule has 0 aromatic heterocycles. The van der Waals surface area contributed by atoms with Crippen molar-refractivity contribution in [3.05, 3.63) is 23.3 Å². The van der Waals surface area contributed by atoms with Crippen molar-refractivity contribution in [1.82, 2.24) is 9.80 Å². The van der Waals surface area contributed by atoms with Gasteiger partial charge < -0.3 is 24.0 Å². The topological polar surface area (TPSA) is 68.3 Å². The fourth-order valence-corrected chi connectivity index (χ4v) is 4.00. The van der Waals surface area contributed by atoms with Gasteiger partial charge in [0.05, 0.1) is 20.1 Å². The van der Waals surface area contributed by atoms with E-state index in [2.05, 4.69) is 0 Å². The summed E-state index contributed by atoms with van der Waals surface area (Å²) in [7, 11) is 3.24. The molecule has 0 N–H and O–H groups in total. The van der Waals surface area contributed by atoms with Crippen LogP contribution in [0.1, 0.15) is 44.7 Å². The van der Waals surface area contributed by atoms with E-state index in [0.717, 1.165) is 24.8 Å². The Morgan fingerprint density at radius 1 is 1.00 bits per heavy atom. The van der Waals surface area contributed by atoms with Gasteiger partial charge in [0.1, 0.15) is 5.60 Å². The van der Waals surface area contributed by atoms with E-state index >= 15 is 0 Å². The molecule has 2 aliphatic rings. The maximum atomic E-state index is 13.2. The molecule has 7 heteroatoms. The molecule has 0 saturated carbocycles. The minimum atomic E-state index is -0.537. The number of carbonyl (C=O) groups excluding carboxylic acids is 2. The van der Waals surface area contributed by atoms with E-state index in [1.165, 1.54) is 5.56 Å². The molecule has 1 aromatic carbocycles. The number of piperidine rings is 1. The van der Waals surface area contributed by atoms with E-state index in [0.29, 0.717) is 37.7 Å². The molecule has 7 nitrogen and oxygen atoms in total. The van der Waals surface area contributed by atoms with Crippen LogP contribution in [-0.2, 0) is 22.5 Å². The predicted molar refractivity (Wildman–Crippen MR) is 109 cm³/mol. The summed E-state index contributed by atoms with van der Waals surface area (Å²) in [6.07, 6.45) is 2.05. The highest BCUT2D eigenvalue weighted by Gasteiger charge is 2.34. The molecule has 0 aliphatic carbocycles. The maximum absolute atomic E-state index is 13.2. The van der Waals surface area contributed by atoms with Crippen molar-refractivity contribution in [3.63, 3.8) is 0 Å². The zero-order chi connectivity index (χ0) is 21.2. The quantitative estimate of drug-likeness (QED) is 0.774. The van der Waals surface area contributed by atoms with E-state index in [1.807, 2.05) is 37.8 Å². The monoisotopic (exact) mass is 404 g/mol. The highest BCUT2D eigenvalue weighted by atomic mass is 16.6. The van der Waals surface area contributed by atoms with Crippen LogP contribution in [0, 0.1) is 5.92 Å². The summed E-state index contributed by atoms with van der Waals surface area (Å²) >= 11 is 0. The fourth-order valence-electron chi connectivity index (χ4n) is 4.00. The standard InChI is InChI=1S/C22H32N2O5/c1-22(2,3)29-21(26)24-9-6-7-16(13-24)20(25)23-10-8-15-11-18(27-4)19(28-5)12-17(15)14-23/h11-12,16H,6-10,13-14H2,1-5H3/t16-/m1/s1. The van der Waals surface area contributed by atoms with Crippen LogP contribution in [-0.4, -0.2) is 61.3 Å². The zero-order valence-electron chi connectivity index (χ0n) is 18.1. The lowest BCUT2D eigenvalue weighted by atomic mass is 9.93. The Morgan fingerprint density at radius 3 is 2.28 bits per heavy atom. The average Bonchev–Trinajstić information content (AvgIpc) is 2.70. The number of fused-ring (bicyclic) bond motifs is 1.